The number of hydrogen-bond donors (Lipinski definition) is 0. The summed E-state index contributed by atoms with van der Waals surface area (Å²) in [7, 11) is 0. The fourth-order valence-electron chi connectivity index (χ4n) is 0.785. The largest absolute Gasteiger partial charge is 0.393 e. The van der Waals surface area contributed by atoms with Gasteiger partial charge in [-0.15, -0.1) is 0 Å². The topological polar surface area (TPSA) is 60.4 Å². The second-order valence-corrected chi connectivity index (χ2v) is 2.16. The molecule has 0 amide bonds. The van der Waals surface area contributed by atoms with Gasteiger partial charge in [-0.3, -0.25) is 14.4 Å². The second-order valence-electron chi connectivity index (χ2n) is 2.16. The minimum Gasteiger partial charge on any atom is -0.393 e. The molecule has 54 valence electrons. The van der Waals surface area contributed by atoms with Crippen LogP contribution in [-0.2, 0) is 19.1 Å². The van der Waals surface area contributed by atoms with Gasteiger partial charge in [0.1, 0.15) is 11.7 Å². The molecule has 1 aliphatic rings. The standard InChI is InChI=1S/C6H6O4/c1-3(7)4-2-5(8)10-6(4)9/h4H,2H2,1H3. The highest BCUT2D eigenvalue weighted by molar-refractivity contribution is 6.07. The molecule has 0 radical (unpaired) electrons. The summed E-state index contributed by atoms with van der Waals surface area (Å²) in [6.07, 6.45) is -0.0891. The van der Waals surface area contributed by atoms with Crippen LogP contribution in [0, 0.1) is 5.92 Å². The Kier molecular flexibility index (Phi) is 1.53. The van der Waals surface area contributed by atoms with Gasteiger partial charge >= 0.3 is 11.9 Å². The maximum Gasteiger partial charge on any atom is 0.324 e. The summed E-state index contributed by atoms with van der Waals surface area (Å²) < 4.78 is 4.14. The third kappa shape index (κ3) is 1.05. The van der Waals surface area contributed by atoms with E-state index >= 15 is 0 Å². The van der Waals surface area contributed by atoms with E-state index in [9.17, 15) is 14.4 Å². The van der Waals surface area contributed by atoms with Gasteiger partial charge in [0.25, 0.3) is 0 Å². The highest BCUT2D eigenvalue weighted by Crippen LogP contribution is 2.15. The quantitative estimate of drug-likeness (QED) is 0.371. The van der Waals surface area contributed by atoms with Crippen molar-refractivity contribution in [3.05, 3.63) is 0 Å². The van der Waals surface area contributed by atoms with E-state index in [0.29, 0.717) is 0 Å². The first kappa shape index (κ1) is 6.92. The van der Waals surface area contributed by atoms with Gasteiger partial charge in [0.2, 0.25) is 0 Å². The fraction of sp³-hybridized carbons (Fsp3) is 0.500. The molecule has 1 heterocycles. The van der Waals surface area contributed by atoms with Crippen LogP contribution in [0.4, 0.5) is 0 Å². The molecule has 1 rings (SSSR count). The Bertz CT molecular complexity index is 206. The Balaban J connectivity index is 2.72. The minimum absolute atomic E-state index is 0.0891. The average Bonchev–Trinajstić information content (AvgIpc) is 2.10. The van der Waals surface area contributed by atoms with Crippen molar-refractivity contribution in [1.29, 1.82) is 0 Å². The molecule has 10 heavy (non-hydrogen) atoms. The molecule has 0 aromatic heterocycles. The summed E-state index contributed by atoms with van der Waals surface area (Å²) in [5.41, 5.74) is 0. The van der Waals surface area contributed by atoms with Crippen molar-refractivity contribution in [3.8, 4) is 0 Å². The molecule has 4 heteroatoms. The number of rotatable bonds is 1. The van der Waals surface area contributed by atoms with Crippen LogP contribution in [0.1, 0.15) is 13.3 Å². The molecule has 0 saturated carbocycles. The van der Waals surface area contributed by atoms with Crippen LogP contribution in [0.3, 0.4) is 0 Å². The molecular formula is C6H6O4. The van der Waals surface area contributed by atoms with Gasteiger partial charge in [-0.2, -0.15) is 0 Å². The van der Waals surface area contributed by atoms with Gasteiger partial charge in [-0.25, -0.2) is 0 Å². The van der Waals surface area contributed by atoms with Crippen molar-refractivity contribution in [2.75, 3.05) is 0 Å². The molecule has 1 atom stereocenters. The van der Waals surface area contributed by atoms with E-state index in [0.717, 1.165) is 0 Å². The number of ether oxygens (including phenoxy) is 1. The Labute approximate surface area is 57.2 Å². The van der Waals surface area contributed by atoms with Crippen LogP contribution in [-0.4, -0.2) is 17.7 Å². The first-order valence-corrected chi connectivity index (χ1v) is 2.86. The van der Waals surface area contributed by atoms with Crippen molar-refractivity contribution in [3.63, 3.8) is 0 Å². The van der Waals surface area contributed by atoms with E-state index in [1.54, 1.807) is 0 Å². The highest BCUT2D eigenvalue weighted by atomic mass is 16.6. The summed E-state index contributed by atoms with van der Waals surface area (Å²) in [5.74, 6) is -2.47. The molecule has 1 aliphatic heterocycles. The number of Topliss-reactive ketones (excluding diaryl/α,β-unsaturated/α-hetero) is 1. The maximum atomic E-state index is 10.6. The third-order valence-electron chi connectivity index (χ3n) is 1.36. The van der Waals surface area contributed by atoms with Crippen LogP contribution >= 0.6 is 0 Å². The van der Waals surface area contributed by atoms with Crippen molar-refractivity contribution < 1.29 is 19.1 Å². The van der Waals surface area contributed by atoms with Crippen molar-refractivity contribution in [1.82, 2.24) is 0 Å². The van der Waals surface area contributed by atoms with E-state index in [4.69, 9.17) is 0 Å². The lowest BCUT2D eigenvalue weighted by molar-refractivity contribution is -0.153. The molecular weight excluding hydrogens is 136 g/mol. The number of ketones is 1. The SMILES string of the molecule is CC(=O)C1CC(=O)OC1=O. The summed E-state index contributed by atoms with van der Waals surface area (Å²) >= 11 is 0. The molecule has 1 fully saturated rings. The molecule has 0 aliphatic carbocycles. The van der Waals surface area contributed by atoms with E-state index in [-0.39, 0.29) is 12.2 Å². The van der Waals surface area contributed by atoms with Crippen LogP contribution in [0.2, 0.25) is 0 Å². The Morgan fingerprint density at radius 3 is 2.40 bits per heavy atom. The van der Waals surface area contributed by atoms with E-state index in [1.807, 2.05) is 0 Å². The zero-order valence-electron chi connectivity index (χ0n) is 5.42. The van der Waals surface area contributed by atoms with Gasteiger partial charge in [0.15, 0.2) is 0 Å². The predicted molar refractivity (Wildman–Crippen MR) is 29.9 cm³/mol. The van der Waals surface area contributed by atoms with Gasteiger partial charge in [-0.1, -0.05) is 0 Å². The van der Waals surface area contributed by atoms with Gasteiger partial charge < -0.3 is 4.74 Å². The van der Waals surface area contributed by atoms with E-state index < -0.39 is 17.9 Å². The monoisotopic (exact) mass is 142 g/mol. The lowest BCUT2D eigenvalue weighted by Crippen LogP contribution is -2.15. The molecule has 0 bridgehead atoms. The van der Waals surface area contributed by atoms with Crippen LogP contribution in [0.25, 0.3) is 0 Å². The molecule has 1 unspecified atom stereocenters. The Morgan fingerprint density at radius 2 is 2.20 bits per heavy atom. The zero-order valence-corrected chi connectivity index (χ0v) is 5.42. The number of cyclic esters (lactones) is 2. The molecule has 0 aromatic carbocycles. The van der Waals surface area contributed by atoms with Crippen LogP contribution in [0.5, 0.6) is 0 Å². The predicted octanol–water partition coefficient (Wildman–Crippen LogP) is -0.335. The zero-order chi connectivity index (χ0) is 7.72. The number of hydrogen-bond acceptors (Lipinski definition) is 4. The average molecular weight is 142 g/mol. The number of carbonyl (C=O) groups excluding carboxylic acids is 3. The molecule has 1 saturated heterocycles. The fourth-order valence-corrected chi connectivity index (χ4v) is 0.785. The number of esters is 2. The van der Waals surface area contributed by atoms with Gasteiger partial charge in [0.05, 0.1) is 6.42 Å². The van der Waals surface area contributed by atoms with Crippen molar-refractivity contribution in [2.45, 2.75) is 13.3 Å². The molecule has 4 nitrogen and oxygen atoms in total. The lowest BCUT2D eigenvalue weighted by atomic mass is 10.0. The summed E-state index contributed by atoms with van der Waals surface area (Å²) in [6.45, 7) is 1.27. The molecule has 0 spiro atoms. The molecule has 0 aromatic rings. The van der Waals surface area contributed by atoms with E-state index in [2.05, 4.69) is 4.74 Å². The first-order chi connectivity index (χ1) is 4.61. The van der Waals surface area contributed by atoms with Crippen LogP contribution in [0.15, 0.2) is 0 Å². The van der Waals surface area contributed by atoms with Gasteiger partial charge in [-0.05, 0) is 6.92 Å². The number of carbonyl (C=O) groups is 3. The minimum atomic E-state index is -0.840. The van der Waals surface area contributed by atoms with Gasteiger partial charge in [0, 0.05) is 0 Å². The molecule has 0 N–H and O–H groups in total. The second kappa shape index (κ2) is 2.21. The highest BCUT2D eigenvalue weighted by Gasteiger charge is 2.36. The maximum absolute atomic E-state index is 10.6. The smallest absolute Gasteiger partial charge is 0.324 e. The Hall–Kier alpha value is -1.19. The summed E-state index contributed by atoms with van der Waals surface area (Å²) in [6, 6.07) is 0. The van der Waals surface area contributed by atoms with Crippen LogP contribution < -0.4 is 0 Å². The first-order valence-electron chi connectivity index (χ1n) is 2.86. The third-order valence-corrected chi connectivity index (χ3v) is 1.36. The summed E-state index contributed by atoms with van der Waals surface area (Å²) in [5, 5.41) is 0. The normalized spacial score (nSPS) is 24.7. The van der Waals surface area contributed by atoms with E-state index in [1.165, 1.54) is 6.92 Å². The summed E-state index contributed by atoms with van der Waals surface area (Å²) in [4.78, 5) is 31.5. The lowest BCUT2D eigenvalue weighted by Gasteiger charge is -1.93. The van der Waals surface area contributed by atoms with Crippen molar-refractivity contribution >= 4 is 17.7 Å². The Morgan fingerprint density at radius 1 is 1.60 bits per heavy atom. The van der Waals surface area contributed by atoms with Crippen molar-refractivity contribution in [2.24, 2.45) is 5.92 Å².